The molecule has 0 saturated heterocycles. The van der Waals surface area contributed by atoms with E-state index in [-0.39, 0.29) is 35.5 Å². The lowest BCUT2D eigenvalue weighted by Crippen LogP contribution is -2.58. The van der Waals surface area contributed by atoms with E-state index in [1.807, 2.05) is 18.2 Å². The molecule has 3 aliphatic carbocycles. The Morgan fingerprint density at radius 1 is 1.02 bits per heavy atom. The van der Waals surface area contributed by atoms with Gasteiger partial charge in [0.1, 0.15) is 34.4 Å². The van der Waals surface area contributed by atoms with Crippen LogP contribution in [0.3, 0.4) is 0 Å². The van der Waals surface area contributed by atoms with E-state index >= 15 is 0 Å². The van der Waals surface area contributed by atoms with Crippen molar-refractivity contribution in [1.29, 1.82) is 0 Å². The fourth-order valence-electron chi connectivity index (χ4n) is 6.95. The van der Waals surface area contributed by atoms with Crippen molar-refractivity contribution in [2.75, 3.05) is 7.11 Å². The van der Waals surface area contributed by atoms with E-state index in [1.165, 1.54) is 25.3 Å². The first-order chi connectivity index (χ1) is 21.4. The van der Waals surface area contributed by atoms with Gasteiger partial charge < -0.3 is 36.2 Å². The van der Waals surface area contributed by atoms with E-state index < -0.39 is 58.4 Å². The number of methoxy groups -OCH3 is 1. The van der Waals surface area contributed by atoms with Crippen LogP contribution in [0.5, 0.6) is 11.5 Å². The van der Waals surface area contributed by atoms with Gasteiger partial charge in [-0.1, -0.05) is 24.3 Å². The number of phenols is 1. The second-order valence-corrected chi connectivity index (χ2v) is 11.7. The normalized spacial score (nSPS) is 22.6. The third-order valence-electron chi connectivity index (χ3n) is 9.05. The number of phenolic OH excluding ortho intramolecular Hbond substituents is 1. The molecule has 0 heterocycles. The van der Waals surface area contributed by atoms with Crippen LogP contribution in [0.1, 0.15) is 35.1 Å². The molecule has 10 nitrogen and oxygen atoms in total. The van der Waals surface area contributed by atoms with Crippen LogP contribution in [0.4, 0.5) is 4.39 Å². The van der Waals surface area contributed by atoms with Crippen LogP contribution >= 0.6 is 0 Å². The maximum Gasteiger partial charge on any atom is 0.255 e. The van der Waals surface area contributed by atoms with Gasteiger partial charge in [-0.05, 0) is 71.3 Å². The van der Waals surface area contributed by atoms with Crippen LogP contribution in [-0.2, 0) is 33.9 Å². The maximum atomic E-state index is 13.8. The molecule has 0 unspecified atom stereocenters. The molecule has 0 aliphatic heterocycles. The number of fused-ring (bicyclic) bond motifs is 3. The number of aliphatic hydroxyl groups excluding tert-OH is 2. The van der Waals surface area contributed by atoms with Crippen LogP contribution in [0, 0.1) is 17.7 Å². The second-order valence-electron chi connectivity index (χ2n) is 11.7. The maximum absolute atomic E-state index is 13.8. The van der Waals surface area contributed by atoms with Crippen molar-refractivity contribution in [3.8, 4) is 22.6 Å². The van der Waals surface area contributed by atoms with Crippen LogP contribution in [-0.4, -0.2) is 50.6 Å². The smallest absolute Gasteiger partial charge is 0.255 e. The number of carbonyl (C=O) groups is 3. The van der Waals surface area contributed by atoms with Crippen molar-refractivity contribution >= 4 is 23.2 Å². The molecule has 7 N–H and O–H groups in total. The molecule has 3 aromatic rings. The fraction of sp³-hybridized carbons (Fsp3) is 0.265. The third-order valence-corrected chi connectivity index (χ3v) is 9.05. The summed E-state index contributed by atoms with van der Waals surface area (Å²) in [5, 5.41) is 47.9. The number of hydrogen-bond donors (Lipinski definition) is 6. The second kappa shape index (κ2) is 11.2. The summed E-state index contributed by atoms with van der Waals surface area (Å²) < 4.78 is 19.2. The lowest BCUT2D eigenvalue weighted by molar-refractivity contribution is -0.147. The number of nitrogens with one attached hydrogen (secondary N) is 1. The highest BCUT2D eigenvalue weighted by molar-refractivity contribution is 6.22. The first-order valence-electron chi connectivity index (χ1n) is 14.4. The quantitative estimate of drug-likeness (QED) is 0.217. The number of rotatable bonds is 7. The summed E-state index contributed by atoms with van der Waals surface area (Å²) in [6.07, 6.45) is -0.212. The Bertz CT molecular complexity index is 1850. The molecular weight excluding hydrogens is 583 g/mol. The van der Waals surface area contributed by atoms with Crippen LogP contribution in [0.2, 0.25) is 0 Å². The number of ether oxygens (including phenoxy) is 1. The lowest BCUT2D eigenvalue weighted by Gasteiger charge is -2.46. The van der Waals surface area contributed by atoms with Gasteiger partial charge in [-0.2, -0.15) is 0 Å². The number of Topliss-reactive ketones (excluding diaryl/α,β-unsaturated/α-hetero) is 2. The van der Waals surface area contributed by atoms with Gasteiger partial charge in [0, 0.05) is 36.6 Å². The molecule has 3 aromatic carbocycles. The molecule has 3 aliphatic rings. The molecule has 6 rings (SSSR count). The lowest BCUT2D eigenvalue weighted by atomic mass is 9.59. The minimum atomic E-state index is -2.63. The van der Waals surface area contributed by atoms with Gasteiger partial charge in [0.25, 0.3) is 5.91 Å². The fourth-order valence-corrected chi connectivity index (χ4v) is 6.95. The summed E-state index contributed by atoms with van der Waals surface area (Å²) >= 11 is 0. The third kappa shape index (κ3) is 4.84. The van der Waals surface area contributed by atoms with Crippen LogP contribution in [0.15, 0.2) is 71.5 Å². The van der Waals surface area contributed by atoms with Crippen molar-refractivity contribution in [2.45, 2.75) is 38.0 Å². The summed E-state index contributed by atoms with van der Waals surface area (Å²) in [5.74, 6) is -6.61. The topological polar surface area (TPSA) is 179 Å². The van der Waals surface area contributed by atoms with Crippen molar-refractivity contribution < 1.29 is 43.9 Å². The number of benzene rings is 3. The average molecular weight is 615 g/mol. The summed E-state index contributed by atoms with van der Waals surface area (Å²) in [6.45, 7) is 0.880. The first-order valence-corrected chi connectivity index (χ1v) is 14.4. The highest BCUT2D eigenvalue weighted by Crippen LogP contribution is 2.53. The Kier molecular flexibility index (Phi) is 7.46. The molecule has 1 fully saturated rings. The number of ketones is 2. The zero-order valence-electron chi connectivity index (χ0n) is 24.3. The van der Waals surface area contributed by atoms with Crippen LogP contribution < -0.4 is 15.8 Å². The summed E-state index contributed by atoms with van der Waals surface area (Å²) in [5.41, 5.74) is 5.08. The van der Waals surface area contributed by atoms with E-state index in [2.05, 4.69) is 5.32 Å². The SMILES string of the molecule is COc1ccc(CNCc2cccc(F)c2)cc1-c1ccc(O)c2c1C[C@H]1C[C@H]3CC(=O)C(C(N)=O)=C(O)[C@@]3(O)C(=O)C1=C2O. The number of hydrogen-bond acceptors (Lipinski definition) is 9. The highest BCUT2D eigenvalue weighted by Gasteiger charge is 2.60. The molecule has 11 heteroatoms. The van der Waals surface area contributed by atoms with E-state index in [9.17, 15) is 39.2 Å². The van der Waals surface area contributed by atoms with Gasteiger partial charge >= 0.3 is 0 Å². The van der Waals surface area contributed by atoms with E-state index in [1.54, 1.807) is 18.2 Å². The Morgan fingerprint density at radius 3 is 2.44 bits per heavy atom. The van der Waals surface area contributed by atoms with Crippen molar-refractivity contribution in [3.63, 3.8) is 0 Å². The van der Waals surface area contributed by atoms with Crippen molar-refractivity contribution in [3.05, 3.63) is 99.6 Å². The molecule has 0 aromatic heterocycles. The Hall–Kier alpha value is -5.00. The monoisotopic (exact) mass is 614 g/mol. The number of aromatic hydroxyl groups is 1. The molecule has 1 saturated carbocycles. The number of nitrogens with two attached hydrogens (primary N) is 1. The van der Waals surface area contributed by atoms with Gasteiger partial charge in [0.15, 0.2) is 11.4 Å². The Labute approximate surface area is 257 Å². The minimum Gasteiger partial charge on any atom is -0.508 e. The van der Waals surface area contributed by atoms with E-state index in [0.29, 0.717) is 35.5 Å². The summed E-state index contributed by atoms with van der Waals surface area (Å²) in [6, 6.07) is 14.9. The Morgan fingerprint density at radius 2 is 1.76 bits per heavy atom. The standard InChI is InChI=1S/C34H31FN2O8/c1-45-26-8-5-17(15-37-14-16-3-2-4-20(35)9-16)10-22(26)21-6-7-24(38)28-23(21)12-18-11-19-13-25(39)29(33(36)43)32(42)34(19,44)31(41)27(18)30(28)40/h2-10,18-19,37-38,40,42,44H,11-15H2,1H3,(H2,36,43)/t18-,19+,34+/m1/s1. The largest absolute Gasteiger partial charge is 0.508 e. The number of primary amides is 1. The molecule has 1 amide bonds. The molecule has 0 radical (unpaired) electrons. The zero-order chi connectivity index (χ0) is 32.2. The van der Waals surface area contributed by atoms with Crippen molar-refractivity contribution in [2.24, 2.45) is 17.6 Å². The Balaban J connectivity index is 1.40. The van der Waals surface area contributed by atoms with Gasteiger partial charge in [-0.25, -0.2) is 4.39 Å². The average Bonchev–Trinajstić information content (AvgIpc) is 2.99. The van der Waals surface area contributed by atoms with E-state index in [4.69, 9.17) is 10.5 Å². The number of halogens is 1. The molecule has 3 atom stereocenters. The van der Waals surface area contributed by atoms with Gasteiger partial charge in [-0.3, -0.25) is 14.4 Å². The summed E-state index contributed by atoms with van der Waals surface area (Å²) in [7, 11) is 1.52. The molecule has 0 spiro atoms. The number of aliphatic hydroxyl groups is 3. The predicted octanol–water partition coefficient (Wildman–Crippen LogP) is 3.53. The van der Waals surface area contributed by atoms with Crippen LogP contribution in [0.25, 0.3) is 16.9 Å². The first kappa shape index (κ1) is 30.0. The van der Waals surface area contributed by atoms with E-state index in [0.717, 1.165) is 11.1 Å². The molecule has 0 bridgehead atoms. The van der Waals surface area contributed by atoms with Gasteiger partial charge in [0.05, 0.1) is 12.7 Å². The predicted molar refractivity (Wildman–Crippen MR) is 160 cm³/mol. The minimum absolute atomic E-state index is 0.00341. The van der Waals surface area contributed by atoms with Gasteiger partial charge in [-0.15, -0.1) is 0 Å². The number of carbonyl (C=O) groups excluding carboxylic acids is 3. The molecule has 232 valence electrons. The summed E-state index contributed by atoms with van der Waals surface area (Å²) in [4.78, 5) is 38.3. The zero-order valence-corrected chi connectivity index (χ0v) is 24.3. The molecule has 45 heavy (non-hydrogen) atoms. The van der Waals surface area contributed by atoms with Crippen molar-refractivity contribution in [1.82, 2.24) is 5.32 Å². The number of amides is 1. The van der Waals surface area contributed by atoms with Gasteiger partial charge in [0.2, 0.25) is 5.78 Å². The molecular formula is C34H31FN2O8. The highest BCUT2D eigenvalue weighted by atomic mass is 19.1.